The van der Waals surface area contributed by atoms with E-state index in [9.17, 15) is 24.9 Å². The van der Waals surface area contributed by atoms with Gasteiger partial charge < -0.3 is 40.3 Å². The second-order valence-corrected chi connectivity index (χ2v) is 11.0. The molecule has 5 rings (SSSR count). The quantitative estimate of drug-likeness (QED) is 0.110. The van der Waals surface area contributed by atoms with Crippen LogP contribution in [0.15, 0.2) is 94.3 Å². The van der Waals surface area contributed by atoms with Crippen LogP contribution in [0.2, 0.25) is 0 Å². The second kappa shape index (κ2) is 14.8. The molecule has 11 nitrogen and oxygen atoms in total. The molecule has 2 unspecified atom stereocenters. The second-order valence-electron chi connectivity index (χ2n) is 11.0. The van der Waals surface area contributed by atoms with Crippen molar-refractivity contribution in [1.29, 1.82) is 0 Å². The van der Waals surface area contributed by atoms with Gasteiger partial charge in [-0.15, -0.1) is 0 Å². The number of hydrogen-bond donors (Lipinski definition) is 6. The van der Waals surface area contributed by atoms with Gasteiger partial charge >= 0.3 is 0 Å². The molecule has 1 amide bonds. The van der Waals surface area contributed by atoms with E-state index in [4.69, 9.17) is 4.42 Å². The number of H-pyrrole nitrogens is 1. The van der Waals surface area contributed by atoms with E-state index in [2.05, 4.69) is 20.6 Å². The number of anilines is 1. The molecule has 0 saturated heterocycles. The van der Waals surface area contributed by atoms with Gasteiger partial charge in [0.15, 0.2) is 6.10 Å². The molecule has 5 aromatic rings. The Labute approximate surface area is 260 Å². The number of aromatic nitrogens is 2. The molecule has 3 aromatic carbocycles. The maximum Gasteiger partial charge on any atom is 0.248 e. The highest BCUT2D eigenvalue weighted by molar-refractivity contribution is 5.90. The van der Waals surface area contributed by atoms with E-state index in [0.29, 0.717) is 60.4 Å². The summed E-state index contributed by atoms with van der Waals surface area (Å²) in [4.78, 5) is 33.0. The highest BCUT2D eigenvalue weighted by atomic mass is 16.4. The normalized spacial score (nSPS) is 12.8. The highest BCUT2D eigenvalue weighted by Gasteiger charge is 2.17. The van der Waals surface area contributed by atoms with Crippen LogP contribution in [0.1, 0.15) is 47.0 Å². The Bertz CT molecular complexity index is 1770. The summed E-state index contributed by atoms with van der Waals surface area (Å²) >= 11 is 0. The number of amides is 1. The summed E-state index contributed by atoms with van der Waals surface area (Å²) in [5.41, 5.74) is 2.96. The molecule has 0 radical (unpaired) electrons. The van der Waals surface area contributed by atoms with Crippen molar-refractivity contribution in [3.05, 3.63) is 124 Å². The fraction of sp³-hybridized carbons (Fsp3) is 0.265. The number of phenolic OH excluding ortho intramolecular Hbond substituents is 1. The number of carbonyl (C=O) groups excluding carboxylic acids is 1. The lowest BCUT2D eigenvalue weighted by Gasteiger charge is -2.16. The average molecular weight is 612 g/mol. The first-order chi connectivity index (χ1) is 21.8. The van der Waals surface area contributed by atoms with Crippen molar-refractivity contribution in [2.75, 3.05) is 32.0 Å². The number of hydrogen-bond acceptors (Lipinski definition) is 9. The standard InChI is InChI=1S/C34H37N5O6/c1-39(17-15-25-20-36-34(45-25)33(44)23-5-3-2-4-6-23)18-16-31(43)37-24-9-7-22(8-10-24)19-35-21-29(41)26-11-13-28(40)32-27(26)12-14-30(42)38-32/h2-14,20,29,33,35,40-41,44H,15-19,21H2,1H3,(H,37,43)(H,38,42). The van der Waals surface area contributed by atoms with Crippen LogP contribution in [0, 0.1) is 0 Å². The number of phenols is 1. The Morgan fingerprint density at radius 1 is 1.00 bits per heavy atom. The van der Waals surface area contributed by atoms with Gasteiger partial charge in [-0.2, -0.15) is 0 Å². The lowest BCUT2D eigenvalue weighted by molar-refractivity contribution is -0.116. The number of oxazole rings is 1. The number of carbonyl (C=O) groups is 1. The van der Waals surface area contributed by atoms with E-state index >= 15 is 0 Å². The van der Waals surface area contributed by atoms with Crippen molar-refractivity contribution < 1.29 is 24.5 Å². The van der Waals surface area contributed by atoms with Gasteiger partial charge in [-0.1, -0.05) is 48.5 Å². The summed E-state index contributed by atoms with van der Waals surface area (Å²) in [6, 6.07) is 22.8. The number of aliphatic hydroxyl groups excluding tert-OH is 2. The summed E-state index contributed by atoms with van der Waals surface area (Å²) in [6.45, 7) is 2.00. The largest absolute Gasteiger partial charge is 0.506 e. The van der Waals surface area contributed by atoms with E-state index in [1.165, 1.54) is 12.1 Å². The fourth-order valence-electron chi connectivity index (χ4n) is 4.99. The Kier molecular flexibility index (Phi) is 10.4. The number of aromatic hydroxyl groups is 1. The molecular weight excluding hydrogens is 574 g/mol. The topological polar surface area (TPSA) is 164 Å². The van der Waals surface area contributed by atoms with E-state index in [0.717, 1.165) is 11.1 Å². The third kappa shape index (κ3) is 8.43. The number of pyridine rings is 1. The summed E-state index contributed by atoms with van der Waals surface area (Å²) in [6.07, 6.45) is 0.797. The maximum absolute atomic E-state index is 12.5. The van der Waals surface area contributed by atoms with Crippen LogP contribution in [0.5, 0.6) is 5.75 Å². The fourth-order valence-corrected chi connectivity index (χ4v) is 4.99. The molecular formula is C34H37N5O6. The maximum atomic E-state index is 12.5. The Balaban J connectivity index is 1.01. The average Bonchev–Trinajstić information content (AvgIpc) is 3.53. The molecule has 2 heterocycles. The summed E-state index contributed by atoms with van der Waals surface area (Å²) in [5.74, 6) is 0.794. The number of fused-ring (bicyclic) bond motifs is 1. The predicted octanol–water partition coefficient (Wildman–Crippen LogP) is 3.63. The molecule has 6 N–H and O–H groups in total. The van der Waals surface area contributed by atoms with Gasteiger partial charge in [-0.25, -0.2) is 4.98 Å². The number of aromatic amines is 1. The minimum atomic E-state index is -0.910. The van der Waals surface area contributed by atoms with Gasteiger partial charge in [0.1, 0.15) is 11.5 Å². The molecule has 45 heavy (non-hydrogen) atoms. The molecule has 0 aliphatic heterocycles. The van der Waals surface area contributed by atoms with Crippen LogP contribution in [0.3, 0.4) is 0 Å². The van der Waals surface area contributed by atoms with Gasteiger partial charge in [0.2, 0.25) is 17.4 Å². The predicted molar refractivity (Wildman–Crippen MR) is 171 cm³/mol. The summed E-state index contributed by atoms with van der Waals surface area (Å²) in [7, 11) is 1.94. The molecule has 0 aliphatic carbocycles. The van der Waals surface area contributed by atoms with Crippen LogP contribution in [-0.2, 0) is 17.8 Å². The zero-order valence-electron chi connectivity index (χ0n) is 24.9. The van der Waals surface area contributed by atoms with Gasteiger partial charge in [-0.05, 0) is 48.0 Å². The van der Waals surface area contributed by atoms with Crippen molar-refractivity contribution in [3.63, 3.8) is 0 Å². The number of benzene rings is 3. The number of nitrogens with zero attached hydrogens (tertiary/aromatic N) is 2. The van der Waals surface area contributed by atoms with Crippen LogP contribution < -0.4 is 16.2 Å². The number of likely N-dealkylation sites (N-methyl/N-ethyl adjacent to an activating group) is 1. The molecule has 234 valence electrons. The Hall–Kier alpha value is -4.81. The Morgan fingerprint density at radius 3 is 2.56 bits per heavy atom. The molecule has 2 atom stereocenters. The molecule has 0 saturated carbocycles. The van der Waals surface area contributed by atoms with E-state index in [1.807, 2.05) is 66.5 Å². The zero-order chi connectivity index (χ0) is 31.8. The van der Waals surface area contributed by atoms with E-state index in [-0.39, 0.29) is 29.7 Å². The SMILES string of the molecule is CN(CCC(=O)Nc1ccc(CNCC(O)c2ccc(O)c3[nH]c(=O)ccc23)cc1)CCc1cnc(C(O)c2ccccc2)o1. The summed E-state index contributed by atoms with van der Waals surface area (Å²) in [5, 5.41) is 38.0. The summed E-state index contributed by atoms with van der Waals surface area (Å²) < 4.78 is 5.74. The lowest BCUT2D eigenvalue weighted by Crippen LogP contribution is -2.26. The highest BCUT2D eigenvalue weighted by Crippen LogP contribution is 2.28. The monoisotopic (exact) mass is 611 g/mol. The molecule has 0 bridgehead atoms. The third-order valence-corrected chi connectivity index (χ3v) is 7.55. The van der Waals surface area contributed by atoms with Crippen molar-refractivity contribution in [3.8, 4) is 5.75 Å². The van der Waals surface area contributed by atoms with Crippen molar-refractivity contribution in [2.45, 2.75) is 31.6 Å². The zero-order valence-corrected chi connectivity index (χ0v) is 24.9. The number of aliphatic hydroxyl groups is 2. The molecule has 0 spiro atoms. The van der Waals surface area contributed by atoms with Crippen LogP contribution >= 0.6 is 0 Å². The van der Waals surface area contributed by atoms with Gasteiger partial charge in [0.25, 0.3) is 0 Å². The first-order valence-electron chi connectivity index (χ1n) is 14.8. The van der Waals surface area contributed by atoms with Crippen LogP contribution in [0.4, 0.5) is 5.69 Å². The first kappa shape index (κ1) is 31.6. The van der Waals surface area contributed by atoms with Gasteiger partial charge in [0, 0.05) is 56.2 Å². The van der Waals surface area contributed by atoms with E-state index < -0.39 is 12.2 Å². The minimum absolute atomic E-state index is 0.0516. The molecule has 2 aromatic heterocycles. The van der Waals surface area contributed by atoms with Crippen LogP contribution in [-0.4, -0.2) is 62.8 Å². The molecule has 11 heteroatoms. The first-order valence-corrected chi connectivity index (χ1v) is 14.8. The Morgan fingerprint density at radius 2 is 1.78 bits per heavy atom. The lowest BCUT2D eigenvalue weighted by atomic mass is 10.0. The smallest absolute Gasteiger partial charge is 0.248 e. The van der Waals surface area contributed by atoms with Crippen LogP contribution in [0.25, 0.3) is 10.9 Å². The molecule has 0 fully saturated rings. The van der Waals surface area contributed by atoms with Crippen molar-refractivity contribution in [2.24, 2.45) is 0 Å². The third-order valence-electron chi connectivity index (χ3n) is 7.55. The number of nitrogens with one attached hydrogen (secondary N) is 3. The molecule has 0 aliphatic rings. The van der Waals surface area contributed by atoms with E-state index in [1.54, 1.807) is 18.3 Å². The van der Waals surface area contributed by atoms with Crippen molar-refractivity contribution >= 4 is 22.5 Å². The minimum Gasteiger partial charge on any atom is -0.506 e. The van der Waals surface area contributed by atoms with Gasteiger partial charge in [-0.3, -0.25) is 9.59 Å². The van der Waals surface area contributed by atoms with Crippen molar-refractivity contribution in [1.82, 2.24) is 20.2 Å². The number of rotatable bonds is 14. The van der Waals surface area contributed by atoms with Gasteiger partial charge in [0.05, 0.1) is 17.8 Å².